The first kappa shape index (κ1) is 18.6. The second kappa shape index (κ2) is 8.92. The average molecular weight is 343 g/mol. The lowest BCUT2D eigenvalue weighted by atomic mass is 10.1. The quantitative estimate of drug-likeness (QED) is 0.808. The third-order valence-corrected chi connectivity index (χ3v) is 3.54. The molecule has 134 valence electrons. The predicted octanol–water partition coefficient (Wildman–Crippen LogP) is 3.44. The summed E-state index contributed by atoms with van der Waals surface area (Å²) in [6.07, 6.45) is 1.76. The van der Waals surface area contributed by atoms with Crippen molar-refractivity contribution in [3.05, 3.63) is 53.7 Å². The molecule has 0 spiro atoms. The predicted molar refractivity (Wildman–Crippen MR) is 96.8 cm³/mol. The first-order valence-corrected chi connectivity index (χ1v) is 8.28. The van der Waals surface area contributed by atoms with Gasteiger partial charge in [0.15, 0.2) is 0 Å². The summed E-state index contributed by atoms with van der Waals surface area (Å²) in [6, 6.07) is 11.0. The van der Waals surface area contributed by atoms with E-state index in [1.807, 2.05) is 51.1 Å². The summed E-state index contributed by atoms with van der Waals surface area (Å²) in [6.45, 7) is 6.29. The molecule has 0 aliphatic heterocycles. The van der Waals surface area contributed by atoms with E-state index in [2.05, 4.69) is 15.6 Å². The topological polar surface area (TPSA) is 72.5 Å². The Balaban J connectivity index is 1.89. The van der Waals surface area contributed by atoms with E-state index in [1.54, 1.807) is 19.4 Å². The van der Waals surface area contributed by atoms with Gasteiger partial charge in [0.1, 0.15) is 5.75 Å². The van der Waals surface area contributed by atoms with Crippen LogP contribution in [-0.2, 0) is 6.54 Å². The normalized spacial score (nSPS) is 11.7. The average Bonchev–Trinajstić information content (AvgIpc) is 2.60. The van der Waals surface area contributed by atoms with Gasteiger partial charge in [-0.15, -0.1) is 0 Å². The minimum Gasteiger partial charge on any atom is -0.491 e. The molecule has 25 heavy (non-hydrogen) atoms. The van der Waals surface area contributed by atoms with Crippen LogP contribution in [0.25, 0.3) is 0 Å². The second-order valence-electron chi connectivity index (χ2n) is 5.99. The molecule has 0 bridgehead atoms. The van der Waals surface area contributed by atoms with Crippen molar-refractivity contribution in [2.75, 3.05) is 7.11 Å². The molecule has 0 fully saturated rings. The summed E-state index contributed by atoms with van der Waals surface area (Å²) in [5, 5.41) is 5.76. The summed E-state index contributed by atoms with van der Waals surface area (Å²) >= 11 is 0. The number of carbonyl (C=O) groups excluding carboxylic acids is 1. The Morgan fingerprint density at radius 3 is 2.72 bits per heavy atom. The fraction of sp³-hybridized carbons (Fsp3) is 0.368. The Labute approximate surface area is 148 Å². The van der Waals surface area contributed by atoms with Crippen molar-refractivity contribution in [3.63, 3.8) is 0 Å². The molecule has 2 aromatic rings. The SMILES string of the molecule is COc1cc(CNC(=O)NC(C)c2cccc(OC(C)C)c2)ccn1. The molecule has 0 radical (unpaired) electrons. The molecule has 6 heteroatoms. The van der Waals surface area contributed by atoms with Crippen LogP contribution in [0.15, 0.2) is 42.6 Å². The van der Waals surface area contributed by atoms with Gasteiger partial charge in [0.05, 0.1) is 19.3 Å². The number of amides is 2. The lowest BCUT2D eigenvalue weighted by molar-refractivity contribution is 0.236. The Morgan fingerprint density at radius 1 is 1.20 bits per heavy atom. The molecule has 1 aromatic carbocycles. The summed E-state index contributed by atoms with van der Waals surface area (Å²) in [7, 11) is 1.56. The number of ether oxygens (including phenoxy) is 2. The largest absolute Gasteiger partial charge is 0.491 e. The maximum absolute atomic E-state index is 12.1. The highest BCUT2D eigenvalue weighted by molar-refractivity contribution is 5.74. The van der Waals surface area contributed by atoms with Crippen molar-refractivity contribution in [1.82, 2.24) is 15.6 Å². The van der Waals surface area contributed by atoms with E-state index >= 15 is 0 Å². The van der Waals surface area contributed by atoms with Gasteiger partial charge in [-0.25, -0.2) is 9.78 Å². The first-order chi connectivity index (χ1) is 12.0. The summed E-state index contributed by atoms with van der Waals surface area (Å²) < 4.78 is 10.8. The minimum absolute atomic E-state index is 0.110. The van der Waals surface area contributed by atoms with Crippen molar-refractivity contribution in [2.45, 2.75) is 39.5 Å². The monoisotopic (exact) mass is 343 g/mol. The number of methoxy groups -OCH3 is 1. The van der Waals surface area contributed by atoms with Crippen LogP contribution in [0.5, 0.6) is 11.6 Å². The minimum atomic E-state index is -0.238. The van der Waals surface area contributed by atoms with Crippen LogP contribution in [0.3, 0.4) is 0 Å². The number of hydrogen-bond acceptors (Lipinski definition) is 4. The molecule has 1 aromatic heterocycles. The Bertz CT molecular complexity index is 704. The van der Waals surface area contributed by atoms with E-state index in [0.29, 0.717) is 12.4 Å². The molecule has 0 saturated carbocycles. The molecular formula is C19H25N3O3. The number of rotatable bonds is 7. The van der Waals surface area contributed by atoms with Crippen molar-refractivity contribution in [2.24, 2.45) is 0 Å². The van der Waals surface area contributed by atoms with E-state index in [0.717, 1.165) is 16.9 Å². The van der Waals surface area contributed by atoms with Crippen LogP contribution in [0.2, 0.25) is 0 Å². The smallest absolute Gasteiger partial charge is 0.315 e. The van der Waals surface area contributed by atoms with E-state index < -0.39 is 0 Å². The summed E-state index contributed by atoms with van der Waals surface area (Å²) in [5.41, 5.74) is 1.90. The van der Waals surface area contributed by atoms with E-state index in [1.165, 1.54) is 0 Å². The van der Waals surface area contributed by atoms with Crippen LogP contribution in [0, 0.1) is 0 Å². The highest BCUT2D eigenvalue weighted by Crippen LogP contribution is 2.20. The first-order valence-electron chi connectivity index (χ1n) is 8.28. The fourth-order valence-corrected chi connectivity index (χ4v) is 2.31. The standard InChI is InChI=1S/C19H25N3O3/c1-13(2)25-17-7-5-6-16(11-17)14(3)22-19(23)21-12-15-8-9-20-18(10-15)24-4/h5-11,13-14H,12H2,1-4H3,(H2,21,22,23). The molecule has 1 atom stereocenters. The van der Waals surface area contributed by atoms with E-state index in [9.17, 15) is 4.79 Å². The highest BCUT2D eigenvalue weighted by atomic mass is 16.5. The maximum atomic E-state index is 12.1. The van der Waals surface area contributed by atoms with Crippen LogP contribution < -0.4 is 20.1 Å². The van der Waals surface area contributed by atoms with Gasteiger partial charge in [-0.05, 0) is 50.1 Å². The lowest BCUT2D eigenvalue weighted by Crippen LogP contribution is -2.36. The van der Waals surface area contributed by atoms with Crippen LogP contribution in [0.1, 0.15) is 37.9 Å². The van der Waals surface area contributed by atoms with Crippen molar-refractivity contribution < 1.29 is 14.3 Å². The van der Waals surface area contributed by atoms with Gasteiger partial charge >= 0.3 is 6.03 Å². The van der Waals surface area contributed by atoms with Gasteiger partial charge in [0, 0.05) is 18.8 Å². The van der Waals surface area contributed by atoms with Crippen molar-refractivity contribution >= 4 is 6.03 Å². The lowest BCUT2D eigenvalue weighted by Gasteiger charge is -2.17. The fourth-order valence-electron chi connectivity index (χ4n) is 2.31. The highest BCUT2D eigenvalue weighted by Gasteiger charge is 2.10. The van der Waals surface area contributed by atoms with Gasteiger partial charge in [0.25, 0.3) is 0 Å². The molecule has 1 unspecified atom stereocenters. The molecule has 1 heterocycles. The maximum Gasteiger partial charge on any atom is 0.315 e. The number of carbonyl (C=O) groups is 1. The third-order valence-electron chi connectivity index (χ3n) is 3.54. The van der Waals surface area contributed by atoms with Crippen LogP contribution >= 0.6 is 0 Å². The molecular weight excluding hydrogens is 318 g/mol. The van der Waals surface area contributed by atoms with Gasteiger partial charge in [-0.3, -0.25) is 0 Å². The van der Waals surface area contributed by atoms with Gasteiger partial charge in [-0.1, -0.05) is 12.1 Å². The zero-order chi connectivity index (χ0) is 18.2. The van der Waals surface area contributed by atoms with E-state index in [4.69, 9.17) is 9.47 Å². The van der Waals surface area contributed by atoms with Gasteiger partial charge < -0.3 is 20.1 Å². The van der Waals surface area contributed by atoms with E-state index in [-0.39, 0.29) is 18.2 Å². The molecule has 2 N–H and O–H groups in total. The zero-order valence-corrected chi connectivity index (χ0v) is 15.1. The molecule has 2 rings (SSSR count). The molecule has 0 aliphatic carbocycles. The molecule has 6 nitrogen and oxygen atoms in total. The number of hydrogen-bond donors (Lipinski definition) is 2. The number of aromatic nitrogens is 1. The number of benzene rings is 1. The summed E-state index contributed by atoms with van der Waals surface area (Å²) in [4.78, 5) is 16.2. The summed E-state index contributed by atoms with van der Waals surface area (Å²) in [5.74, 6) is 1.32. The number of nitrogens with zero attached hydrogens (tertiary/aromatic N) is 1. The number of nitrogens with one attached hydrogen (secondary N) is 2. The van der Waals surface area contributed by atoms with Gasteiger partial charge in [0.2, 0.25) is 5.88 Å². The number of urea groups is 1. The molecule has 0 aliphatic rings. The van der Waals surface area contributed by atoms with Gasteiger partial charge in [-0.2, -0.15) is 0 Å². The third kappa shape index (κ3) is 5.99. The molecule has 0 saturated heterocycles. The van der Waals surface area contributed by atoms with Crippen molar-refractivity contribution in [1.29, 1.82) is 0 Å². The van der Waals surface area contributed by atoms with Crippen LogP contribution in [-0.4, -0.2) is 24.2 Å². The number of pyridine rings is 1. The Hall–Kier alpha value is -2.76. The second-order valence-corrected chi connectivity index (χ2v) is 5.99. The Morgan fingerprint density at radius 2 is 2.00 bits per heavy atom. The van der Waals surface area contributed by atoms with Crippen molar-refractivity contribution in [3.8, 4) is 11.6 Å². The van der Waals surface area contributed by atoms with Crippen LogP contribution in [0.4, 0.5) is 4.79 Å². The zero-order valence-electron chi connectivity index (χ0n) is 15.1. The Kier molecular flexibility index (Phi) is 6.62. The molecule has 2 amide bonds.